The molecule has 0 spiro atoms. The van der Waals surface area contributed by atoms with Crippen LogP contribution in [0.3, 0.4) is 0 Å². The first-order valence-corrected chi connectivity index (χ1v) is 8.36. The molecular weight excluding hydrogens is 351 g/mol. The van der Waals surface area contributed by atoms with Gasteiger partial charge in [0.25, 0.3) is 0 Å². The van der Waals surface area contributed by atoms with Gasteiger partial charge in [0, 0.05) is 5.69 Å². The molecule has 0 unspecified atom stereocenters. The Bertz CT molecular complexity index is 904. The first-order valence-electron chi connectivity index (χ1n) is 7.37. The van der Waals surface area contributed by atoms with Gasteiger partial charge in [-0.05, 0) is 48.9 Å². The summed E-state index contributed by atoms with van der Waals surface area (Å²) in [4.78, 5) is 19.4. The second-order valence-corrected chi connectivity index (χ2v) is 6.44. The number of carbonyl (C=O) groups excluding carboxylic acids is 1. The van der Waals surface area contributed by atoms with Gasteiger partial charge in [-0.15, -0.1) is 0 Å². The number of nitrogens with zero attached hydrogens (tertiary/aromatic N) is 1. The number of nitrogens with one attached hydrogen (secondary N) is 2. The lowest BCUT2D eigenvalue weighted by Gasteiger charge is -2.08. The molecule has 4 nitrogen and oxygen atoms in total. The van der Waals surface area contributed by atoms with E-state index in [2.05, 4.69) is 15.3 Å². The van der Waals surface area contributed by atoms with Crippen molar-refractivity contribution < 1.29 is 18.0 Å². The molecule has 0 radical (unpaired) electrons. The predicted molar refractivity (Wildman–Crippen MR) is 91.6 cm³/mol. The lowest BCUT2D eigenvalue weighted by molar-refractivity contribution is -0.137. The zero-order chi connectivity index (χ0) is 18.0. The van der Waals surface area contributed by atoms with E-state index in [1.807, 2.05) is 25.1 Å². The van der Waals surface area contributed by atoms with Crippen LogP contribution in [-0.2, 0) is 11.0 Å². The summed E-state index contributed by atoms with van der Waals surface area (Å²) in [5, 5.41) is 3.18. The van der Waals surface area contributed by atoms with Crippen molar-refractivity contribution in [1.82, 2.24) is 9.97 Å². The van der Waals surface area contributed by atoms with Crippen LogP contribution in [0.2, 0.25) is 0 Å². The monoisotopic (exact) mass is 365 g/mol. The molecule has 0 atom stereocenters. The number of aromatic amines is 1. The number of aromatic nitrogens is 2. The standard InChI is InChI=1S/C17H14F3N3OS/c1-10-2-7-13-14(8-10)23-16(22-13)25-9-15(24)21-12-5-3-11(4-6-12)17(18,19)20/h2-8H,9H2,1H3,(H,21,24)(H,22,23). The normalized spacial score (nSPS) is 11.7. The van der Waals surface area contributed by atoms with Crippen molar-refractivity contribution in [3.05, 3.63) is 53.6 Å². The zero-order valence-corrected chi connectivity index (χ0v) is 14.0. The van der Waals surface area contributed by atoms with Gasteiger partial charge in [0.15, 0.2) is 5.16 Å². The summed E-state index contributed by atoms with van der Waals surface area (Å²) in [6.45, 7) is 1.98. The number of alkyl halides is 3. The van der Waals surface area contributed by atoms with Crippen LogP contribution in [-0.4, -0.2) is 21.6 Å². The summed E-state index contributed by atoms with van der Waals surface area (Å²) in [6, 6.07) is 10.1. The smallest absolute Gasteiger partial charge is 0.333 e. The molecule has 0 bridgehead atoms. The van der Waals surface area contributed by atoms with Gasteiger partial charge in [0.1, 0.15) is 0 Å². The van der Waals surface area contributed by atoms with Crippen molar-refractivity contribution in [2.75, 3.05) is 11.1 Å². The molecule has 0 aliphatic heterocycles. The fourth-order valence-electron chi connectivity index (χ4n) is 2.24. The maximum absolute atomic E-state index is 12.5. The molecular formula is C17H14F3N3OS. The first-order chi connectivity index (χ1) is 11.8. The van der Waals surface area contributed by atoms with Crippen LogP contribution in [0.5, 0.6) is 0 Å². The number of hydrogen-bond donors (Lipinski definition) is 2. The minimum absolute atomic E-state index is 0.0970. The number of benzene rings is 2. The average Bonchev–Trinajstić information content (AvgIpc) is 2.94. The maximum Gasteiger partial charge on any atom is 0.416 e. The van der Waals surface area contributed by atoms with Crippen LogP contribution in [0.4, 0.5) is 18.9 Å². The first kappa shape index (κ1) is 17.3. The van der Waals surface area contributed by atoms with E-state index in [1.54, 1.807) is 0 Å². The largest absolute Gasteiger partial charge is 0.416 e. The van der Waals surface area contributed by atoms with Crippen LogP contribution < -0.4 is 5.32 Å². The van der Waals surface area contributed by atoms with Gasteiger partial charge in [-0.2, -0.15) is 13.2 Å². The van der Waals surface area contributed by atoms with E-state index >= 15 is 0 Å². The van der Waals surface area contributed by atoms with Gasteiger partial charge in [0.05, 0.1) is 22.3 Å². The van der Waals surface area contributed by atoms with Crippen LogP contribution in [0, 0.1) is 6.92 Å². The second kappa shape index (κ2) is 6.79. The third-order valence-electron chi connectivity index (χ3n) is 3.45. The summed E-state index contributed by atoms with van der Waals surface area (Å²) < 4.78 is 37.5. The minimum Gasteiger partial charge on any atom is -0.333 e. The van der Waals surface area contributed by atoms with Gasteiger partial charge < -0.3 is 10.3 Å². The summed E-state index contributed by atoms with van der Waals surface area (Å²) in [5.41, 5.74) is 2.38. The second-order valence-electron chi connectivity index (χ2n) is 5.47. The number of hydrogen-bond acceptors (Lipinski definition) is 3. The number of amides is 1. The topological polar surface area (TPSA) is 57.8 Å². The molecule has 0 aliphatic carbocycles. The molecule has 0 saturated carbocycles. The Balaban J connectivity index is 1.58. The number of anilines is 1. The fourth-order valence-corrected chi connectivity index (χ4v) is 2.93. The Morgan fingerprint density at radius 2 is 1.92 bits per heavy atom. The Kier molecular flexibility index (Phi) is 4.71. The third-order valence-corrected chi connectivity index (χ3v) is 4.32. The molecule has 8 heteroatoms. The quantitative estimate of drug-likeness (QED) is 0.663. The summed E-state index contributed by atoms with van der Waals surface area (Å²) >= 11 is 1.23. The highest BCUT2D eigenvalue weighted by Gasteiger charge is 2.29. The van der Waals surface area contributed by atoms with Crippen molar-refractivity contribution in [3.8, 4) is 0 Å². The van der Waals surface area contributed by atoms with E-state index < -0.39 is 11.7 Å². The molecule has 2 aromatic carbocycles. The van der Waals surface area contributed by atoms with Crippen molar-refractivity contribution in [2.24, 2.45) is 0 Å². The lowest BCUT2D eigenvalue weighted by Crippen LogP contribution is -2.14. The van der Waals surface area contributed by atoms with Crippen LogP contribution in [0.1, 0.15) is 11.1 Å². The van der Waals surface area contributed by atoms with Gasteiger partial charge in [-0.25, -0.2) is 4.98 Å². The van der Waals surface area contributed by atoms with Crippen LogP contribution >= 0.6 is 11.8 Å². The van der Waals surface area contributed by atoms with E-state index in [0.29, 0.717) is 10.8 Å². The number of halogens is 3. The highest BCUT2D eigenvalue weighted by atomic mass is 32.2. The molecule has 3 rings (SSSR count). The highest BCUT2D eigenvalue weighted by Crippen LogP contribution is 2.29. The van der Waals surface area contributed by atoms with Crippen molar-refractivity contribution in [2.45, 2.75) is 18.3 Å². The Morgan fingerprint density at radius 1 is 1.20 bits per heavy atom. The van der Waals surface area contributed by atoms with Gasteiger partial charge >= 0.3 is 6.18 Å². The molecule has 0 saturated heterocycles. The van der Waals surface area contributed by atoms with Crippen molar-refractivity contribution >= 4 is 34.4 Å². The molecule has 25 heavy (non-hydrogen) atoms. The number of fused-ring (bicyclic) bond motifs is 1. The summed E-state index contributed by atoms with van der Waals surface area (Å²) in [6.07, 6.45) is -4.39. The number of rotatable bonds is 4. The molecule has 3 aromatic rings. The van der Waals surface area contributed by atoms with E-state index in [1.165, 1.54) is 23.9 Å². The number of thioether (sulfide) groups is 1. The van der Waals surface area contributed by atoms with Crippen molar-refractivity contribution in [3.63, 3.8) is 0 Å². The molecule has 0 aliphatic rings. The lowest BCUT2D eigenvalue weighted by atomic mass is 10.2. The molecule has 1 heterocycles. The van der Waals surface area contributed by atoms with Crippen LogP contribution in [0.15, 0.2) is 47.6 Å². The SMILES string of the molecule is Cc1ccc2nc(SCC(=O)Nc3ccc(C(F)(F)F)cc3)[nH]c2c1. The summed E-state index contributed by atoms with van der Waals surface area (Å²) in [7, 11) is 0. The van der Waals surface area contributed by atoms with E-state index in [4.69, 9.17) is 0 Å². The van der Waals surface area contributed by atoms with Gasteiger partial charge in [-0.3, -0.25) is 4.79 Å². The number of aryl methyl sites for hydroxylation is 1. The zero-order valence-electron chi connectivity index (χ0n) is 13.1. The molecule has 1 aromatic heterocycles. The van der Waals surface area contributed by atoms with E-state index in [-0.39, 0.29) is 11.7 Å². The highest BCUT2D eigenvalue weighted by molar-refractivity contribution is 7.99. The molecule has 130 valence electrons. The van der Waals surface area contributed by atoms with Gasteiger partial charge in [0.2, 0.25) is 5.91 Å². The predicted octanol–water partition coefficient (Wildman–Crippen LogP) is 4.62. The van der Waals surface area contributed by atoms with E-state index in [9.17, 15) is 18.0 Å². The van der Waals surface area contributed by atoms with Crippen LogP contribution in [0.25, 0.3) is 11.0 Å². The number of imidazole rings is 1. The molecule has 2 N–H and O–H groups in total. The fraction of sp³-hybridized carbons (Fsp3) is 0.176. The van der Waals surface area contributed by atoms with E-state index in [0.717, 1.165) is 28.7 Å². The number of H-pyrrole nitrogens is 1. The molecule has 0 fully saturated rings. The average molecular weight is 365 g/mol. The molecule has 1 amide bonds. The Labute approximate surface area is 145 Å². The maximum atomic E-state index is 12.5. The minimum atomic E-state index is -4.39. The Hall–Kier alpha value is -2.48. The van der Waals surface area contributed by atoms with Crippen molar-refractivity contribution in [1.29, 1.82) is 0 Å². The van der Waals surface area contributed by atoms with Gasteiger partial charge in [-0.1, -0.05) is 17.8 Å². The summed E-state index contributed by atoms with van der Waals surface area (Å²) in [5.74, 6) is -0.221. The number of carbonyl (C=O) groups is 1. The third kappa shape index (κ3) is 4.33. The Morgan fingerprint density at radius 3 is 2.60 bits per heavy atom.